The molecule has 3 heterocycles. The first kappa shape index (κ1) is 20.3. The second-order valence-corrected chi connectivity index (χ2v) is 7.08. The van der Waals surface area contributed by atoms with Crippen molar-refractivity contribution in [2.75, 3.05) is 13.2 Å². The number of hydrogen-bond acceptors (Lipinski definition) is 4. The average molecular weight is 421 g/mol. The summed E-state index contributed by atoms with van der Waals surface area (Å²) in [7, 11) is 0. The Bertz CT molecular complexity index is 1070. The minimum atomic E-state index is -4.99. The second-order valence-electron chi connectivity index (χ2n) is 7.08. The Kier molecular flexibility index (Phi) is 5.23. The molecule has 2 aromatic heterocycles. The van der Waals surface area contributed by atoms with E-state index in [2.05, 4.69) is 9.72 Å². The summed E-state index contributed by atoms with van der Waals surface area (Å²) in [6.07, 6.45) is -4.40. The van der Waals surface area contributed by atoms with E-state index in [1.807, 2.05) is 30.5 Å². The molecule has 3 aromatic rings. The van der Waals surface area contributed by atoms with Crippen LogP contribution < -0.4 is 4.74 Å². The fraction of sp³-hybridized carbons (Fsp3) is 0.333. The summed E-state index contributed by atoms with van der Waals surface area (Å²) in [4.78, 5) is 9.13. The van der Waals surface area contributed by atoms with E-state index in [0.717, 1.165) is 34.8 Å². The summed E-state index contributed by atoms with van der Waals surface area (Å²) < 4.78 is 63.2. The SMILES string of the molecule is Cc1cc(-c2nc(-c3ccc(F)c(OC(F)(F)F)c3)n3c2CCOCC3)cc(C)n1. The van der Waals surface area contributed by atoms with Gasteiger partial charge in [-0.3, -0.25) is 4.98 Å². The average Bonchev–Trinajstić information content (AvgIpc) is 2.83. The molecule has 1 aliphatic heterocycles. The third-order valence-corrected chi connectivity index (χ3v) is 4.78. The molecule has 1 aromatic carbocycles. The van der Waals surface area contributed by atoms with Crippen LogP contribution in [0.3, 0.4) is 0 Å². The van der Waals surface area contributed by atoms with Gasteiger partial charge >= 0.3 is 6.36 Å². The van der Waals surface area contributed by atoms with Crippen LogP contribution in [0.25, 0.3) is 22.6 Å². The smallest absolute Gasteiger partial charge is 0.403 e. The zero-order valence-electron chi connectivity index (χ0n) is 16.4. The molecule has 0 spiro atoms. The highest BCUT2D eigenvalue weighted by atomic mass is 19.4. The lowest BCUT2D eigenvalue weighted by Crippen LogP contribution is -2.18. The van der Waals surface area contributed by atoms with Crippen LogP contribution in [-0.2, 0) is 17.7 Å². The minimum Gasteiger partial charge on any atom is -0.403 e. The molecular weight excluding hydrogens is 402 g/mol. The fourth-order valence-electron chi connectivity index (χ4n) is 3.68. The molecule has 0 aliphatic carbocycles. The van der Waals surface area contributed by atoms with Gasteiger partial charge in [0.1, 0.15) is 5.82 Å². The third-order valence-electron chi connectivity index (χ3n) is 4.78. The molecule has 0 saturated carbocycles. The van der Waals surface area contributed by atoms with Crippen molar-refractivity contribution in [1.29, 1.82) is 0 Å². The zero-order valence-corrected chi connectivity index (χ0v) is 16.4. The quantitative estimate of drug-likeness (QED) is 0.568. The summed E-state index contributed by atoms with van der Waals surface area (Å²) in [5.74, 6) is -1.55. The molecule has 0 atom stereocenters. The van der Waals surface area contributed by atoms with Crippen LogP contribution in [0, 0.1) is 19.7 Å². The van der Waals surface area contributed by atoms with Gasteiger partial charge in [-0.05, 0) is 44.2 Å². The van der Waals surface area contributed by atoms with E-state index in [1.165, 1.54) is 6.07 Å². The number of ether oxygens (including phenoxy) is 2. The third kappa shape index (κ3) is 4.16. The number of pyridine rings is 1. The van der Waals surface area contributed by atoms with Crippen LogP contribution in [0.15, 0.2) is 30.3 Å². The Morgan fingerprint density at radius 2 is 1.73 bits per heavy atom. The molecule has 5 nitrogen and oxygen atoms in total. The van der Waals surface area contributed by atoms with E-state index in [0.29, 0.717) is 43.3 Å². The monoisotopic (exact) mass is 421 g/mol. The van der Waals surface area contributed by atoms with Crippen LogP contribution in [0.1, 0.15) is 17.1 Å². The molecule has 0 unspecified atom stereocenters. The summed E-state index contributed by atoms with van der Waals surface area (Å²) >= 11 is 0. The van der Waals surface area contributed by atoms with Crippen molar-refractivity contribution < 1.29 is 27.0 Å². The molecule has 1 aliphatic rings. The van der Waals surface area contributed by atoms with Crippen molar-refractivity contribution >= 4 is 0 Å². The van der Waals surface area contributed by atoms with Crippen molar-refractivity contribution in [2.45, 2.75) is 33.2 Å². The molecule has 158 valence electrons. The van der Waals surface area contributed by atoms with E-state index in [9.17, 15) is 17.6 Å². The Balaban J connectivity index is 1.87. The van der Waals surface area contributed by atoms with Gasteiger partial charge in [-0.2, -0.15) is 0 Å². The Labute approximate surface area is 170 Å². The summed E-state index contributed by atoms with van der Waals surface area (Å²) in [6, 6.07) is 7.19. The van der Waals surface area contributed by atoms with Crippen LogP contribution in [0.5, 0.6) is 5.75 Å². The number of aryl methyl sites for hydroxylation is 2. The highest BCUT2D eigenvalue weighted by Gasteiger charge is 2.33. The van der Waals surface area contributed by atoms with E-state index in [-0.39, 0.29) is 0 Å². The second kappa shape index (κ2) is 7.71. The highest BCUT2D eigenvalue weighted by Crippen LogP contribution is 2.34. The van der Waals surface area contributed by atoms with Crippen molar-refractivity contribution in [2.24, 2.45) is 0 Å². The first-order chi connectivity index (χ1) is 14.2. The highest BCUT2D eigenvalue weighted by molar-refractivity contribution is 5.69. The Morgan fingerprint density at radius 3 is 2.43 bits per heavy atom. The van der Waals surface area contributed by atoms with Gasteiger partial charge < -0.3 is 14.0 Å². The van der Waals surface area contributed by atoms with Crippen molar-refractivity contribution in [3.8, 4) is 28.4 Å². The normalized spacial score (nSPS) is 14.3. The number of rotatable bonds is 3. The number of halogens is 4. The summed E-state index contributed by atoms with van der Waals surface area (Å²) in [6.45, 7) is 5.20. The van der Waals surface area contributed by atoms with Gasteiger partial charge in [0.25, 0.3) is 0 Å². The van der Waals surface area contributed by atoms with Gasteiger partial charge in [0, 0.05) is 41.2 Å². The number of benzene rings is 1. The minimum absolute atomic E-state index is 0.326. The lowest BCUT2D eigenvalue weighted by Gasteiger charge is -2.12. The van der Waals surface area contributed by atoms with Crippen LogP contribution in [-0.4, -0.2) is 34.1 Å². The molecular formula is C21H19F4N3O2. The first-order valence-corrected chi connectivity index (χ1v) is 9.40. The van der Waals surface area contributed by atoms with Crippen LogP contribution >= 0.6 is 0 Å². The maximum atomic E-state index is 13.9. The summed E-state index contributed by atoms with van der Waals surface area (Å²) in [5, 5.41) is 0. The topological polar surface area (TPSA) is 49.2 Å². The molecule has 0 bridgehead atoms. The number of alkyl halides is 3. The molecule has 0 fully saturated rings. The standard InChI is InChI=1S/C21H19F4N3O2/c1-12-9-15(10-13(2)26-12)19-17-5-7-29-8-6-28(17)20(27-19)14-3-4-16(22)18(11-14)30-21(23,24)25/h3-4,9-11H,5-8H2,1-2H3. The lowest BCUT2D eigenvalue weighted by atomic mass is 10.1. The molecule has 0 radical (unpaired) electrons. The zero-order chi connectivity index (χ0) is 21.5. The van der Waals surface area contributed by atoms with E-state index in [1.54, 1.807) is 0 Å². The van der Waals surface area contributed by atoms with E-state index in [4.69, 9.17) is 9.72 Å². The number of fused-ring (bicyclic) bond motifs is 1. The van der Waals surface area contributed by atoms with Gasteiger partial charge in [-0.25, -0.2) is 9.37 Å². The van der Waals surface area contributed by atoms with Gasteiger partial charge in [-0.1, -0.05) is 0 Å². The molecule has 30 heavy (non-hydrogen) atoms. The van der Waals surface area contributed by atoms with Crippen molar-refractivity contribution in [1.82, 2.24) is 14.5 Å². The number of aromatic nitrogens is 3. The molecule has 9 heteroatoms. The first-order valence-electron chi connectivity index (χ1n) is 9.40. The molecule has 0 saturated heterocycles. The van der Waals surface area contributed by atoms with E-state index >= 15 is 0 Å². The van der Waals surface area contributed by atoms with Crippen molar-refractivity contribution in [3.05, 3.63) is 53.2 Å². The predicted molar refractivity (Wildman–Crippen MR) is 102 cm³/mol. The molecule has 0 amide bonds. The number of nitrogens with zero attached hydrogens (tertiary/aromatic N) is 3. The summed E-state index contributed by atoms with van der Waals surface area (Å²) in [5.41, 5.74) is 4.49. The van der Waals surface area contributed by atoms with Crippen LogP contribution in [0.2, 0.25) is 0 Å². The van der Waals surface area contributed by atoms with Gasteiger partial charge in [0.05, 0.1) is 18.9 Å². The van der Waals surface area contributed by atoms with E-state index < -0.39 is 17.9 Å². The lowest BCUT2D eigenvalue weighted by molar-refractivity contribution is -0.275. The fourth-order valence-corrected chi connectivity index (χ4v) is 3.68. The maximum absolute atomic E-state index is 13.9. The Morgan fingerprint density at radius 1 is 1.00 bits per heavy atom. The largest absolute Gasteiger partial charge is 0.573 e. The van der Waals surface area contributed by atoms with Gasteiger partial charge in [-0.15, -0.1) is 13.2 Å². The van der Waals surface area contributed by atoms with Gasteiger partial charge in [0.15, 0.2) is 11.6 Å². The molecule has 0 N–H and O–H groups in total. The Hall–Kier alpha value is -2.94. The number of imidazole rings is 1. The maximum Gasteiger partial charge on any atom is 0.573 e. The van der Waals surface area contributed by atoms with Gasteiger partial charge in [0.2, 0.25) is 0 Å². The number of hydrogen-bond donors (Lipinski definition) is 0. The van der Waals surface area contributed by atoms with Crippen LogP contribution in [0.4, 0.5) is 17.6 Å². The predicted octanol–water partition coefficient (Wildman–Crippen LogP) is 4.84. The van der Waals surface area contributed by atoms with Crippen molar-refractivity contribution in [3.63, 3.8) is 0 Å². The molecule has 4 rings (SSSR count).